The van der Waals surface area contributed by atoms with Crippen LogP contribution >= 0.6 is 0 Å². The Kier molecular flexibility index (Phi) is 8.12. The Labute approximate surface area is 176 Å². The maximum absolute atomic E-state index is 12.1. The number of anilines is 1. The summed E-state index contributed by atoms with van der Waals surface area (Å²) in [5.74, 6) is 2.25. The SMILES string of the molecule is COc1ccc(CNCC(=O)Nc2ccc(OCCOc3ccccc3)cc2)cc1. The molecule has 0 aliphatic rings. The molecule has 3 aromatic rings. The molecule has 0 fully saturated rings. The minimum Gasteiger partial charge on any atom is -0.497 e. The molecule has 0 unspecified atom stereocenters. The molecule has 0 atom stereocenters. The van der Waals surface area contributed by atoms with Gasteiger partial charge in [-0.15, -0.1) is 0 Å². The number of nitrogens with one attached hydrogen (secondary N) is 2. The van der Waals surface area contributed by atoms with Crippen molar-refractivity contribution in [1.29, 1.82) is 0 Å². The highest BCUT2D eigenvalue weighted by Gasteiger charge is 2.03. The fraction of sp³-hybridized carbons (Fsp3) is 0.208. The monoisotopic (exact) mass is 406 g/mol. The summed E-state index contributed by atoms with van der Waals surface area (Å²) >= 11 is 0. The van der Waals surface area contributed by atoms with Crippen molar-refractivity contribution in [3.05, 3.63) is 84.4 Å². The molecule has 0 aliphatic carbocycles. The van der Waals surface area contributed by atoms with Crippen LogP contribution in [0.3, 0.4) is 0 Å². The number of rotatable bonds is 11. The van der Waals surface area contributed by atoms with Gasteiger partial charge in [0.25, 0.3) is 0 Å². The number of amides is 1. The Morgan fingerprint density at radius 1 is 0.767 bits per heavy atom. The summed E-state index contributed by atoms with van der Waals surface area (Å²) in [7, 11) is 1.64. The van der Waals surface area contributed by atoms with Crippen LogP contribution in [0.25, 0.3) is 0 Å². The van der Waals surface area contributed by atoms with Gasteiger partial charge < -0.3 is 24.8 Å². The zero-order valence-electron chi connectivity index (χ0n) is 17.0. The van der Waals surface area contributed by atoms with Crippen LogP contribution in [0, 0.1) is 0 Å². The van der Waals surface area contributed by atoms with E-state index in [-0.39, 0.29) is 12.5 Å². The van der Waals surface area contributed by atoms with E-state index in [1.165, 1.54) is 0 Å². The number of hydrogen-bond donors (Lipinski definition) is 2. The van der Waals surface area contributed by atoms with E-state index < -0.39 is 0 Å². The summed E-state index contributed by atoms with van der Waals surface area (Å²) < 4.78 is 16.4. The van der Waals surface area contributed by atoms with Crippen LogP contribution in [0.15, 0.2) is 78.9 Å². The second-order valence-electron chi connectivity index (χ2n) is 6.53. The van der Waals surface area contributed by atoms with Gasteiger partial charge >= 0.3 is 0 Å². The molecule has 30 heavy (non-hydrogen) atoms. The first kappa shape index (κ1) is 21.2. The van der Waals surface area contributed by atoms with Crippen molar-refractivity contribution in [2.45, 2.75) is 6.54 Å². The number of para-hydroxylation sites is 1. The topological polar surface area (TPSA) is 68.8 Å². The van der Waals surface area contributed by atoms with Gasteiger partial charge in [-0.3, -0.25) is 4.79 Å². The first-order valence-electron chi connectivity index (χ1n) is 9.77. The quantitative estimate of drug-likeness (QED) is 0.473. The summed E-state index contributed by atoms with van der Waals surface area (Å²) in [6.07, 6.45) is 0. The molecular formula is C24H26N2O4. The summed E-state index contributed by atoms with van der Waals surface area (Å²) in [6.45, 7) is 1.73. The van der Waals surface area contributed by atoms with Crippen molar-refractivity contribution in [1.82, 2.24) is 5.32 Å². The third-order valence-corrected chi connectivity index (χ3v) is 4.28. The molecule has 3 aromatic carbocycles. The van der Waals surface area contributed by atoms with Gasteiger partial charge in [0.05, 0.1) is 13.7 Å². The van der Waals surface area contributed by atoms with Crippen molar-refractivity contribution in [3.8, 4) is 17.2 Å². The first-order valence-corrected chi connectivity index (χ1v) is 9.77. The van der Waals surface area contributed by atoms with Crippen molar-refractivity contribution in [3.63, 3.8) is 0 Å². The number of carbonyl (C=O) groups is 1. The zero-order chi connectivity index (χ0) is 21.0. The highest BCUT2D eigenvalue weighted by atomic mass is 16.5. The predicted octanol–water partition coefficient (Wildman–Crippen LogP) is 3.88. The van der Waals surface area contributed by atoms with Crippen LogP contribution in [0.4, 0.5) is 5.69 Å². The van der Waals surface area contributed by atoms with E-state index in [1.807, 2.05) is 78.9 Å². The number of methoxy groups -OCH3 is 1. The van der Waals surface area contributed by atoms with Crippen LogP contribution < -0.4 is 24.8 Å². The highest BCUT2D eigenvalue weighted by molar-refractivity contribution is 5.92. The van der Waals surface area contributed by atoms with Gasteiger partial charge in [-0.05, 0) is 54.1 Å². The van der Waals surface area contributed by atoms with Gasteiger partial charge in [-0.25, -0.2) is 0 Å². The van der Waals surface area contributed by atoms with Crippen LogP contribution in [0.2, 0.25) is 0 Å². The smallest absolute Gasteiger partial charge is 0.238 e. The van der Waals surface area contributed by atoms with E-state index in [9.17, 15) is 4.79 Å². The van der Waals surface area contributed by atoms with Gasteiger partial charge in [0, 0.05) is 12.2 Å². The Bertz CT molecular complexity index is 897. The molecule has 3 rings (SSSR count). The van der Waals surface area contributed by atoms with Gasteiger partial charge in [-0.2, -0.15) is 0 Å². The number of ether oxygens (including phenoxy) is 3. The standard InChI is InChI=1S/C24H26N2O4/c1-28-21-11-7-19(8-12-21)17-25-18-24(27)26-20-9-13-23(14-10-20)30-16-15-29-22-5-3-2-4-6-22/h2-14,25H,15-18H2,1H3,(H,26,27). The van der Waals surface area contributed by atoms with Crippen LogP contribution in [0.1, 0.15) is 5.56 Å². The lowest BCUT2D eigenvalue weighted by Crippen LogP contribution is -2.27. The van der Waals surface area contributed by atoms with Crippen LogP contribution in [-0.2, 0) is 11.3 Å². The van der Waals surface area contributed by atoms with Gasteiger partial charge in [0.1, 0.15) is 30.5 Å². The average molecular weight is 406 g/mol. The van der Waals surface area contributed by atoms with Crippen molar-refractivity contribution in [2.75, 3.05) is 32.2 Å². The molecular weight excluding hydrogens is 380 g/mol. The van der Waals surface area contributed by atoms with Crippen molar-refractivity contribution in [2.24, 2.45) is 0 Å². The molecule has 0 aliphatic heterocycles. The number of carbonyl (C=O) groups excluding carboxylic acids is 1. The van der Waals surface area contributed by atoms with Crippen molar-refractivity contribution < 1.29 is 19.0 Å². The summed E-state index contributed by atoms with van der Waals surface area (Å²) in [5, 5.41) is 5.99. The second-order valence-corrected chi connectivity index (χ2v) is 6.53. The fourth-order valence-electron chi connectivity index (χ4n) is 2.74. The molecule has 6 heteroatoms. The molecule has 2 N–H and O–H groups in total. The zero-order valence-corrected chi connectivity index (χ0v) is 17.0. The second kappa shape index (κ2) is 11.5. The summed E-state index contributed by atoms with van der Waals surface area (Å²) in [4.78, 5) is 12.1. The number of benzene rings is 3. The lowest BCUT2D eigenvalue weighted by atomic mass is 10.2. The lowest BCUT2D eigenvalue weighted by molar-refractivity contribution is -0.115. The third kappa shape index (κ3) is 7.14. The van der Waals surface area contributed by atoms with E-state index in [2.05, 4.69) is 10.6 Å². The van der Waals surface area contributed by atoms with Gasteiger partial charge in [-0.1, -0.05) is 30.3 Å². The molecule has 0 heterocycles. The Balaban J connectivity index is 1.33. The Hall–Kier alpha value is -3.51. The van der Waals surface area contributed by atoms with Crippen LogP contribution in [-0.4, -0.2) is 32.8 Å². The van der Waals surface area contributed by atoms with E-state index in [4.69, 9.17) is 14.2 Å². The maximum Gasteiger partial charge on any atom is 0.238 e. The summed E-state index contributed by atoms with van der Waals surface area (Å²) in [5.41, 5.74) is 1.81. The van der Waals surface area contributed by atoms with E-state index >= 15 is 0 Å². The van der Waals surface area contributed by atoms with Gasteiger partial charge in [0.2, 0.25) is 5.91 Å². The summed E-state index contributed by atoms with van der Waals surface area (Å²) in [6, 6.07) is 24.6. The third-order valence-electron chi connectivity index (χ3n) is 4.28. The normalized spacial score (nSPS) is 10.3. The molecule has 0 saturated heterocycles. The molecule has 0 radical (unpaired) electrons. The minimum absolute atomic E-state index is 0.103. The molecule has 0 spiro atoms. The minimum atomic E-state index is -0.103. The molecule has 0 saturated carbocycles. The number of hydrogen-bond acceptors (Lipinski definition) is 5. The molecule has 0 aromatic heterocycles. The molecule has 1 amide bonds. The molecule has 6 nitrogen and oxygen atoms in total. The fourth-order valence-corrected chi connectivity index (χ4v) is 2.74. The van der Waals surface area contributed by atoms with E-state index in [0.717, 1.165) is 28.5 Å². The van der Waals surface area contributed by atoms with E-state index in [0.29, 0.717) is 19.8 Å². The first-order chi connectivity index (χ1) is 14.7. The largest absolute Gasteiger partial charge is 0.497 e. The van der Waals surface area contributed by atoms with E-state index in [1.54, 1.807) is 7.11 Å². The van der Waals surface area contributed by atoms with Crippen LogP contribution in [0.5, 0.6) is 17.2 Å². The molecule has 0 bridgehead atoms. The molecule has 156 valence electrons. The van der Waals surface area contributed by atoms with Crippen molar-refractivity contribution >= 4 is 11.6 Å². The maximum atomic E-state index is 12.1. The Morgan fingerprint density at radius 2 is 1.37 bits per heavy atom. The average Bonchev–Trinajstić information content (AvgIpc) is 2.79. The van der Waals surface area contributed by atoms with Gasteiger partial charge in [0.15, 0.2) is 0 Å². The Morgan fingerprint density at radius 3 is 2.00 bits per heavy atom. The lowest BCUT2D eigenvalue weighted by Gasteiger charge is -2.10. The highest BCUT2D eigenvalue weighted by Crippen LogP contribution is 2.16. The predicted molar refractivity (Wildman–Crippen MR) is 117 cm³/mol.